The summed E-state index contributed by atoms with van der Waals surface area (Å²) in [5, 5.41) is 12.6. The van der Waals surface area contributed by atoms with Gasteiger partial charge in [0.25, 0.3) is 0 Å². The lowest BCUT2D eigenvalue weighted by Crippen LogP contribution is -2.38. The number of rotatable bonds is 3. The second kappa shape index (κ2) is 5.05. The molecule has 0 saturated carbocycles. The third-order valence-corrected chi connectivity index (χ3v) is 6.24. The van der Waals surface area contributed by atoms with Crippen LogP contribution in [0.2, 0.25) is 0 Å². The van der Waals surface area contributed by atoms with Crippen molar-refractivity contribution in [2.75, 3.05) is 18.1 Å². The van der Waals surface area contributed by atoms with Gasteiger partial charge in [-0.3, -0.25) is 4.98 Å². The molecule has 1 aliphatic heterocycles. The van der Waals surface area contributed by atoms with Crippen LogP contribution in [0, 0.1) is 5.41 Å². The number of pyridine rings is 1. The first-order chi connectivity index (χ1) is 9.97. The highest BCUT2D eigenvalue weighted by Crippen LogP contribution is 2.43. The van der Waals surface area contributed by atoms with Gasteiger partial charge in [-0.25, -0.2) is 8.42 Å². The third kappa shape index (κ3) is 2.43. The Bertz CT molecular complexity index is 770. The zero-order valence-electron chi connectivity index (χ0n) is 11.6. The minimum Gasteiger partial charge on any atom is -0.388 e. The van der Waals surface area contributed by atoms with Crippen molar-refractivity contribution in [3.63, 3.8) is 0 Å². The standard InChI is InChI=1S/C15H18N2O3S/c16-9-15(5-6-21(19,20)10-15)14(18)13-8-17-7-11-3-1-2-4-12(11)13/h1-4,7-8,14,18H,5-6,9-10,16H2. The molecule has 21 heavy (non-hydrogen) atoms. The molecule has 3 N–H and O–H groups in total. The van der Waals surface area contributed by atoms with Crippen LogP contribution in [0.4, 0.5) is 0 Å². The van der Waals surface area contributed by atoms with E-state index in [1.54, 1.807) is 12.4 Å². The summed E-state index contributed by atoms with van der Waals surface area (Å²) in [5.41, 5.74) is 5.66. The van der Waals surface area contributed by atoms with E-state index in [-0.39, 0.29) is 18.1 Å². The lowest BCUT2D eigenvalue weighted by Gasteiger charge is -2.32. The monoisotopic (exact) mass is 306 g/mol. The molecule has 3 rings (SSSR count). The van der Waals surface area contributed by atoms with Gasteiger partial charge in [0.1, 0.15) is 0 Å². The summed E-state index contributed by atoms with van der Waals surface area (Å²) < 4.78 is 23.6. The molecule has 1 fully saturated rings. The fraction of sp³-hybridized carbons (Fsp3) is 0.400. The van der Waals surface area contributed by atoms with Crippen LogP contribution in [-0.2, 0) is 9.84 Å². The van der Waals surface area contributed by atoms with E-state index < -0.39 is 21.4 Å². The molecule has 5 nitrogen and oxygen atoms in total. The van der Waals surface area contributed by atoms with E-state index in [0.29, 0.717) is 12.0 Å². The Morgan fingerprint density at radius 3 is 2.76 bits per heavy atom. The number of fused-ring (bicyclic) bond motifs is 1. The fourth-order valence-corrected chi connectivity index (χ4v) is 5.27. The summed E-state index contributed by atoms with van der Waals surface area (Å²) in [6.45, 7) is 0.136. The second-order valence-corrected chi connectivity index (χ2v) is 7.94. The third-order valence-electron chi connectivity index (χ3n) is 4.40. The first-order valence-electron chi connectivity index (χ1n) is 6.89. The van der Waals surface area contributed by atoms with E-state index >= 15 is 0 Å². The maximum Gasteiger partial charge on any atom is 0.151 e. The van der Waals surface area contributed by atoms with Gasteiger partial charge < -0.3 is 10.8 Å². The molecule has 0 spiro atoms. The van der Waals surface area contributed by atoms with E-state index in [2.05, 4.69) is 4.98 Å². The molecule has 0 bridgehead atoms. The summed E-state index contributed by atoms with van der Waals surface area (Å²) >= 11 is 0. The topological polar surface area (TPSA) is 93.3 Å². The van der Waals surface area contributed by atoms with Crippen LogP contribution in [0.5, 0.6) is 0 Å². The van der Waals surface area contributed by atoms with Crippen LogP contribution in [0.25, 0.3) is 10.8 Å². The van der Waals surface area contributed by atoms with E-state index in [4.69, 9.17) is 5.73 Å². The maximum atomic E-state index is 11.8. The van der Waals surface area contributed by atoms with Gasteiger partial charge in [-0.15, -0.1) is 0 Å². The maximum absolute atomic E-state index is 11.8. The van der Waals surface area contributed by atoms with Crippen LogP contribution < -0.4 is 5.73 Å². The SMILES string of the molecule is NCC1(C(O)c2cncc3ccccc23)CCS(=O)(=O)C1. The Kier molecular flexibility index (Phi) is 3.47. The normalized spacial score (nSPS) is 26.0. The van der Waals surface area contributed by atoms with E-state index in [1.165, 1.54) is 0 Å². The summed E-state index contributed by atoms with van der Waals surface area (Å²) in [4.78, 5) is 4.16. The van der Waals surface area contributed by atoms with Crippen LogP contribution in [0.3, 0.4) is 0 Å². The summed E-state index contributed by atoms with van der Waals surface area (Å²) in [6, 6.07) is 7.61. The van der Waals surface area contributed by atoms with Crippen LogP contribution in [-0.4, -0.2) is 36.6 Å². The van der Waals surface area contributed by atoms with Gasteiger partial charge in [0.2, 0.25) is 0 Å². The number of hydrogen-bond acceptors (Lipinski definition) is 5. The predicted octanol–water partition coefficient (Wildman–Crippen LogP) is 1.03. The molecule has 0 radical (unpaired) electrons. The molecule has 2 atom stereocenters. The Hall–Kier alpha value is -1.50. The van der Waals surface area contributed by atoms with Gasteiger partial charge >= 0.3 is 0 Å². The summed E-state index contributed by atoms with van der Waals surface area (Å²) in [5.74, 6) is 0.0142. The number of aliphatic hydroxyl groups is 1. The van der Waals surface area contributed by atoms with E-state index in [0.717, 1.165) is 10.8 Å². The van der Waals surface area contributed by atoms with Crippen molar-refractivity contribution >= 4 is 20.6 Å². The molecule has 0 aliphatic carbocycles. The van der Waals surface area contributed by atoms with Gasteiger partial charge in [-0.1, -0.05) is 24.3 Å². The highest BCUT2D eigenvalue weighted by Gasteiger charge is 2.47. The smallest absolute Gasteiger partial charge is 0.151 e. The molecule has 2 unspecified atom stereocenters. The van der Waals surface area contributed by atoms with Gasteiger partial charge in [0.05, 0.1) is 17.6 Å². The number of aromatic nitrogens is 1. The molecule has 112 valence electrons. The van der Waals surface area contributed by atoms with Crippen molar-refractivity contribution in [2.45, 2.75) is 12.5 Å². The Balaban J connectivity index is 2.10. The van der Waals surface area contributed by atoms with Crippen LogP contribution in [0.15, 0.2) is 36.7 Å². The quantitative estimate of drug-likeness (QED) is 0.883. The number of hydrogen-bond donors (Lipinski definition) is 2. The first kappa shape index (κ1) is 14.4. The molecule has 1 aromatic carbocycles. The van der Waals surface area contributed by atoms with Crippen LogP contribution in [0.1, 0.15) is 18.1 Å². The van der Waals surface area contributed by atoms with Crippen molar-refractivity contribution in [2.24, 2.45) is 11.1 Å². The predicted molar refractivity (Wildman–Crippen MR) is 81.5 cm³/mol. The van der Waals surface area contributed by atoms with Gasteiger partial charge in [-0.05, 0) is 11.8 Å². The minimum absolute atomic E-state index is 0.0686. The zero-order chi connectivity index (χ0) is 15.1. The number of nitrogens with zero attached hydrogens (tertiary/aromatic N) is 1. The molecule has 0 amide bonds. The largest absolute Gasteiger partial charge is 0.388 e. The van der Waals surface area contributed by atoms with Crippen LogP contribution >= 0.6 is 0 Å². The molecule has 1 aromatic heterocycles. The zero-order valence-corrected chi connectivity index (χ0v) is 12.4. The fourth-order valence-electron chi connectivity index (χ4n) is 3.12. The average molecular weight is 306 g/mol. The molecular formula is C15H18N2O3S. The molecule has 2 aromatic rings. The number of sulfone groups is 1. The number of benzene rings is 1. The minimum atomic E-state index is -3.13. The highest BCUT2D eigenvalue weighted by molar-refractivity contribution is 7.91. The van der Waals surface area contributed by atoms with E-state index in [9.17, 15) is 13.5 Å². The molecule has 2 heterocycles. The first-order valence-corrected chi connectivity index (χ1v) is 8.71. The second-order valence-electron chi connectivity index (χ2n) is 5.76. The average Bonchev–Trinajstić information content (AvgIpc) is 2.82. The Morgan fingerprint density at radius 2 is 2.10 bits per heavy atom. The molecule has 6 heteroatoms. The molecule has 1 saturated heterocycles. The number of aliphatic hydroxyl groups excluding tert-OH is 1. The Morgan fingerprint density at radius 1 is 1.33 bits per heavy atom. The lowest BCUT2D eigenvalue weighted by molar-refractivity contribution is 0.0481. The lowest BCUT2D eigenvalue weighted by atomic mass is 9.78. The Labute approximate surface area is 123 Å². The van der Waals surface area contributed by atoms with Crippen molar-refractivity contribution < 1.29 is 13.5 Å². The number of nitrogens with two attached hydrogens (primary N) is 1. The van der Waals surface area contributed by atoms with Gasteiger partial charge in [0, 0.05) is 35.3 Å². The van der Waals surface area contributed by atoms with Gasteiger partial charge in [-0.2, -0.15) is 0 Å². The van der Waals surface area contributed by atoms with Crippen molar-refractivity contribution in [3.8, 4) is 0 Å². The summed E-state index contributed by atoms with van der Waals surface area (Å²) in [7, 11) is -3.13. The molecular weight excluding hydrogens is 288 g/mol. The summed E-state index contributed by atoms with van der Waals surface area (Å²) in [6.07, 6.45) is 2.79. The van der Waals surface area contributed by atoms with Crippen molar-refractivity contribution in [3.05, 3.63) is 42.2 Å². The highest BCUT2D eigenvalue weighted by atomic mass is 32.2. The van der Waals surface area contributed by atoms with E-state index in [1.807, 2.05) is 24.3 Å². The van der Waals surface area contributed by atoms with Crippen molar-refractivity contribution in [1.82, 2.24) is 4.98 Å². The van der Waals surface area contributed by atoms with Crippen molar-refractivity contribution in [1.29, 1.82) is 0 Å². The van der Waals surface area contributed by atoms with Gasteiger partial charge in [0.15, 0.2) is 9.84 Å². The molecule has 1 aliphatic rings.